The standard InChI is InChI=1S/C18H31N3O2S.HI/c22-24(23)11-6-15(13-24)12-19-17(20-16-4-5-16)21-10-9-18(14-21)7-2-1-3-8-18;/h15-16H,1-14H2,(H,19,20);1H. The Hall–Kier alpha value is -0.0500. The zero-order chi connectivity index (χ0) is 16.6. The second kappa shape index (κ2) is 7.90. The number of aliphatic imine (C=N–C) groups is 1. The quantitative estimate of drug-likeness (QED) is 0.383. The number of likely N-dealkylation sites (tertiary alicyclic amines) is 1. The monoisotopic (exact) mass is 481 g/mol. The van der Waals surface area contributed by atoms with Crippen molar-refractivity contribution in [3.63, 3.8) is 0 Å². The summed E-state index contributed by atoms with van der Waals surface area (Å²) in [6, 6.07) is 0.596. The van der Waals surface area contributed by atoms with Gasteiger partial charge in [0.25, 0.3) is 0 Å². The van der Waals surface area contributed by atoms with E-state index in [2.05, 4.69) is 10.2 Å². The normalized spacial score (nSPS) is 31.1. The predicted octanol–water partition coefficient (Wildman–Crippen LogP) is 2.80. The summed E-state index contributed by atoms with van der Waals surface area (Å²) in [6.45, 7) is 2.92. The topological polar surface area (TPSA) is 61.8 Å². The lowest BCUT2D eigenvalue weighted by molar-refractivity contribution is 0.203. The molecule has 0 aromatic heterocycles. The highest BCUT2D eigenvalue weighted by Gasteiger charge is 2.40. The van der Waals surface area contributed by atoms with Crippen LogP contribution in [-0.2, 0) is 9.84 Å². The molecule has 2 saturated heterocycles. The van der Waals surface area contributed by atoms with E-state index in [1.54, 1.807) is 0 Å². The van der Waals surface area contributed by atoms with E-state index in [-0.39, 0.29) is 29.9 Å². The summed E-state index contributed by atoms with van der Waals surface area (Å²) in [5.74, 6) is 1.96. The molecule has 25 heavy (non-hydrogen) atoms. The molecule has 2 aliphatic carbocycles. The molecule has 2 saturated carbocycles. The molecule has 1 unspecified atom stereocenters. The molecule has 1 N–H and O–H groups in total. The Bertz CT molecular complexity index is 597. The number of hydrogen-bond donors (Lipinski definition) is 1. The van der Waals surface area contributed by atoms with Gasteiger partial charge < -0.3 is 10.2 Å². The fourth-order valence-corrected chi connectivity index (χ4v) is 6.55. The van der Waals surface area contributed by atoms with Crippen LogP contribution in [0.5, 0.6) is 0 Å². The van der Waals surface area contributed by atoms with Gasteiger partial charge >= 0.3 is 0 Å². The summed E-state index contributed by atoms with van der Waals surface area (Å²) in [6.07, 6.45) is 11.5. The average molecular weight is 481 g/mol. The second-order valence-corrected chi connectivity index (χ2v) is 10.8. The molecule has 7 heteroatoms. The van der Waals surface area contributed by atoms with Crippen molar-refractivity contribution in [1.29, 1.82) is 0 Å². The molecule has 4 fully saturated rings. The molecule has 5 nitrogen and oxygen atoms in total. The van der Waals surface area contributed by atoms with Crippen LogP contribution in [0.4, 0.5) is 0 Å². The van der Waals surface area contributed by atoms with Crippen LogP contribution in [0.15, 0.2) is 4.99 Å². The fourth-order valence-electron chi connectivity index (χ4n) is 4.70. The lowest BCUT2D eigenvalue weighted by Gasteiger charge is -2.33. The minimum atomic E-state index is -2.80. The average Bonchev–Trinajstić information content (AvgIpc) is 3.19. The summed E-state index contributed by atoms with van der Waals surface area (Å²) in [5.41, 5.74) is 0.529. The maximum atomic E-state index is 11.7. The Morgan fingerprint density at radius 1 is 1.12 bits per heavy atom. The third-order valence-corrected chi connectivity index (χ3v) is 8.23. The van der Waals surface area contributed by atoms with E-state index in [1.807, 2.05) is 0 Å². The maximum Gasteiger partial charge on any atom is 0.194 e. The smallest absolute Gasteiger partial charge is 0.194 e. The first-order valence-electron chi connectivity index (χ1n) is 9.80. The first-order chi connectivity index (χ1) is 11.5. The molecule has 0 aromatic rings. The van der Waals surface area contributed by atoms with Crippen LogP contribution in [0.2, 0.25) is 0 Å². The van der Waals surface area contributed by atoms with E-state index in [9.17, 15) is 8.42 Å². The Labute approximate surface area is 169 Å². The fraction of sp³-hybridized carbons (Fsp3) is 0.944. The van der Waals surface area contributed by atoms with Gasteiger partial charge in [0, 0.05) is 25.7 Å². The summed E-state index contributed by atoms with van der Waals surface area (Å²) >= 11 is 0. The van der Waals surface area contributed by atoms with E-state index in [4.69, 9.17) is 4.99 Å². The summed E-state index contributed by atoms with van der Waals surface area (Å²) in [4.78, 5) is 7.34. The van der Waals surface area contributed by atoms with Crippen LogP contribution in [0.25, 0.3) is 0 Å². The largest absolute Gasteiger partial charge is 0.354 e. The molecule has 0 bridgehead atoms. The van der Waals surface area contributed by atoms with Gasteiger partial charge in [0.1, 0.15) is 0 Å². The SMILES string of the molecule is I.O=S1(=O)CCC(CN=C(NC2CC2)N2CCC3(CCCCC3)C2)C1. The van der Waals surface area contributed by atoms with E-state index >= 15 is 0 Å². The Kier molecular flexibility index (Phi) is 6.23. The van der Waals surface area contributed by atoms with Crippen molar-refractivity contribution in [2.75, 3.05) is 31.1 Å². The third-order valence-electron chi connectivity index (χ3n) is 6.39. The molecule has 4 rings (SSSR count). The lowest BCUT2D eigenvalue weighted by atomic mass is 9.73. The summed E-state index contributed by atoms with van der Waals surface area (Å²) in [5, 5.41) is 3.63. The molecule has 0 amide bonds. The number of guanidine groups is 1. The highest BCUT2D eigenvalue weighted by atomic mass is 127. The highest BCUT2D eigenvalue weighted by Crippen LogP contribution is 2.43. The Morgan fingerprint density at radius 2 is 1.88 bits per heavy atom. The van der Waals surface area contributed by atoms with Gasteiger partial charge in [-0.1, -0.05) is 19.3 Å². The number of nitrogens with one attached hydrogen (secondary N) is 1. The Morgan fingerprint density at radius 3 is 2.52 bits per heavy atom. The Balaban J connectivity index is 0.00000182. The van der Waals surface area contributed by atoms with Gasteiger partial charge in [-0.2, -0.15) is 0 Å². The van der Waals surface area contributed by atoms with Gasteiger partial charge in [-0.05, 0) is 49.9 Å². The van der Waals surface area contributed by atoms with Crippen LogP contribution >= 0.6 is 24.0 Å². The first kappa shape index (κ1) is 19.7. The summed E-state index contributed by atoms with van der Waals surface area (Å²) < 4.78 is 23.3. The second-order valence-electron chi connectivity index (χ2n) is 8.58. The molecule has 2 heterocycles. The molecule has 4 aliphatic rings. The van der Waals surface area contributed by atoms with Crippen molar-refractivity contribution in [1.82, 2.24) is 10.2 Å². The number of sulfone groups is 1. The maximum absolute atomic E-state index is 11.7. The number of halogens is 1. The van der Waals surface area contributed by atoms with Crippen molar-refractivity contribution in [3.8, 4) is 0 Å². The van der Waals surface area contributed by atoms with Crippen LogP contribution < -0.4 is 5.32 Å². The van der Waals surface area contributed by atoms with Gasteiger partial charge in [0.2, 0.25) is 0 Å². The molecule has 0 radical (unpaired) electrons. The van der Waals surface area contributed by atoms with Crippen LogP contribution in [0.1, 0.15) is 57.8 Å². The van der Waals surface area contributed by atoms with Crippen LogP contribution in [-0.4, -0.2) is 56.5 Å². The molecule has 1 atom stereocenters. The van der Waals surface area contributed by atoms with Crippen molar-refractivity contribution in [2.24, 2.45) is 16.3 Å². The zero-order valence-electron chi connectivity index (χ0n) is 15.1. The lowest BCUT2D eigenvalue weighted by Crippen LogP contribution is -2.43. The molecule has 144 valence electrons. The molecule has 2 aliphatic heterocycles. The minimum absolute atomic E-state index is 0. The first-order valence-corrected chi connectivity index (χ1v) is 11.6. The number of nitrogens with zero attached hydrogens (tertiary/aromatic N) is 2. The molecular formula is C18H32IN3O2S. The van der Waals surface area contributed by atoms with E-state index < -0.39 is 9.84 Å². The van der Waals surface area contributed by atoms with Gasteiger partial charge in [0.15, 0.2) is 15.8 Å². The predicted molar refractivity (Wildman–Crippen MR) is 112 cm³/mol. The van der Waals surface area contributed by atoms with Crippen molar-refractivity contribution < 1.29 is 8.42 Å². The van der Waals surface area contributed by atoms with Crippen LogP contribution in [0, 0.1) is 11.3 Å². The zero-order valence-corrected chi connectivity index (χ0v) is 18.2. The van der Waals surface area contributed by atoms with Gasteiger partial charge in [0.05, 0.1) is 11.5 Å². The highest BCUT2D eigenvalue weighted by molar-refractivity contribution is 14.0. The molecular weight excluding hydrogens is 449 g/mol. The van der Waals surface area contributed by atoms with Gasteiger partial charge in [-0.25, -0.2) is 8.42 Å². The molecule has 1 spiro atoms. The van der Waals surface area contributed by atoms with E-state index in [0.717, 1.165) is 25.5 Å². The van der Waals surface area contributed by atoms with E-state index in [1.165, 1.54) is 51.4 Å². The van der Waals surface area contributed by atoms with Crippen molar-refractivity contribution >= 4 is 39.8 Å². The van der Waals surface area contributed by atoms with E-state index in [0.29, 0.717) is 29.5 Å². The minimum Gasteiger partial charge on any atom is -0.354 e. The van der Waals surface area contributed by atoms with Crippen LogP contribution in [0.3, 0.4) is 0 Å². The third kappa shape index (κ3) is 5.02. The van der Waals surface area contributed by atoms with Gasteiger partial charge in [-0.3, -0.25) is 4.99 Å². The molecule has 0 aromatic carbocycles. The number of rotatable bonds is 3. The van der Waals surface area contributed by atoms with Crippen molar-refractivity contribution in [3.05, 3.63) is 0 Å². The van der Waals surface area contributed by atoms with Crippen molar-refractivity contribution in [2.45, 2.75) is 63.8 Å². The number of hydrogen-bond acceptors (Lipinski definition) is 3. The van der Waals surface area contributed by atoms with Gasteiger partial charge in [-0.15, -0.1) is 24.0 Å². The summed E-state index contributed by atoms with van der Waals surface area (Å²) in [7, 11) is -2.80.